The van der Waals surface area contributed by atoms with Crippen molar-refractivity contribution in [2.75, 3.05) is 0 Å². The lowest BCUT2D eigenvalue weighted by Crippen LogP contribution is -1.55. The lowest BCUT2D eigenvalue weighted by atomic mass is 10.3. The normalized spacial score (nSPS) is 8.62. The Morgan fingerprint density at radius 1 is 0.625 bits per heavy atom. The summed E-state index contributed by atoms with van der Waals surface area (Å²) >= 11 is 3.73. The molecular weight excluding hydrogens is 232 g/mol. The molecule has 2 aromatic heterocycles. The minimum Gasteiger partial charge on any atom is -0.140 e. The molecular formula is C14H22S2. The molecule has 2 heterocycles. The molecule has 0 amide bonds. The van der Waals surface area contributed by atoms with E-state index in [0.29, 0.717) is 0 Å². The van der Waals surface area contributed by atoms with Gasteiger partial charge in [-0.1, -0.05) is 27.7 Å². The van der Waals surface area contributed by atoms with Crippen molar-refractivity contribution in [3.8, 4) is 9.75 Å². The number of rotatable bonds is 1. The molecule has 0 N–H and O–H groups in total. The summed E-state index contributed by atoms with van der Waals surface area (Å²) < 4.78 is 0. The van der Waals surface area contributed by atoms with E-state index in [1.807, 2.05) is 50.4 Å². The van der Waals surface area contributed by atoms with Crippen molar-refractivity contribution in [2.24, 2.45) is 0 Å². The monoisotopic (exact) mass is 254 g/mol. The molecule has 0 spiro atoms. The summed E-state index contributed by atoms with van der Waals surface area (Å²) in [6.07, 6.45) is 0. The van der Waals surface area contributed by atoms with Gasteiger partial charge in [-0.05, 0) is 38.1 Å². The molecule has 0 aliphatic heterocycles. The minimum absolute atomic E-state index is 1.39. The summed E-state index contributed by atoms with van der Waals surface area (Å²) in [5.74, 6) is 0. The van der Waals surface area contributed by atoms with Crippen LogP contribution in [0.25, 0.3) is 9.75 Å². The Labute approximate surface area is 108 Å². The number of aryl methyl sites for hydroxylation is 2. The second-order valence-corrected chi connectivity index (χ2v) is 5.40. The Bertz CT molecular complexity index is 345. The second-order valence-electron chi connectivity index (χ2n) is 2.82. The summed E-state index contributed by atoms with van der Waals surface area (Å²) in [5.41, 5.74) is 0. The van der Waals surface area contributed by atoms with Gasteiger partial charge in [-0.15, -0.1) is 22.7 Å². The van der Waals surface area contributed by atoms with Crippen LogP contribution in [0, 0.1) is 13.8 Å². The van der Waals surface area contributed by atoms with Gasteiger partial charge in [0.25, 0.3) is 0 Å². The van der Waals surface area contributed by atoms with Crippen LogP contribution in [0.15, 0.2) is 24.3 Å². The molecule has 2 rings (SSSR count). The Hall–Kier alpha value is -0.600. The maximum absolute atomic E-state index is 2.20. The quantitative estimate of drug-likeness (QED) is 0.573. The summed E-state index contributed by atoms with van der Waals surface area (Å²) in [7, 11) is 0. The molecule has 0 saturated carbocycles. The smallest absolute Gasteiger partial charge is 0.0445 e. The van der Waals surface area contributed by atoms with Gasteiger partial charge in [0.15, 0.2) is 0 Å². The average molecular weight is 254 g/mol. The van der Waals surface area contributed by atoms with Crippen LogP contribution in [0.3, 0.4) is 0 Å². The second kappa shape index (κ2) is 8.54. The highest BCUT2D eigenvalue weighted by Crippen LogP contribution is 2.32. The SMILES string of the molecule is CC.CC.Cc1ccc(-c2ccc(C)s2)s1. The summed E-state index contributed by atoms with van der Waals surface area (Å²) in [5, 5.41) is 0. The molecule has 2 heteroatoms. The van der Waals surface area contributed by atoms with Crippen LogP contribution in [-0.2, 0) is 0 Å². The van der Waals surface area contributed by atoms with E-state index in [0.717, 1.165) is 0 Å². The maximum atomic E-state index is 2.20. The fraction of sp³-hybridized carbons (Fsp3) is 0.429. The van der Waals surface area contributed by atoms with E-state index in [4.69, 9.17) is 0 Å². The summed E-state index contributed by atoms with van der Waals surface area (Å²) in [6, 6.07) is 8.75. The van der Waals surface area contributed by atoms with Crippen molar-refractivity contribution >= 4 is 22.7 Å². The third kappa shape index (κ3) is 4.50. The van der Waals surface area contributed by atoms with Crippen LogP contribution < -0.4 is 0 Å². The van der Waals surface area contributed by atoms with Crippen molar-refractivity contribution in [3.05, 3.63) is 34.0 Å². The molecule has 0 aromatic carbocycles. The Kier molecular flexibility index (Phi) is 8.22. The van der Waals surface area contributed by atoms with Gasteiger partial charge in [-0.3, -0.25) is 0 Å². The molecule has 0 nitrogen and oxygen atoms in total. The zero-order chi connectivity index (χ0) is 12.6. The highest BCUT2D eigenvalue weighted by Gasteiger charge is 2.01. The standard InChI is InChI=1S/C10H10S2.2C2H6/c1-7-3-5-9(11-7)10-6-4-8(2)12-10;2*1-2/h3-6H,1-2H3;2*1-2H3. The topological polar surface area (TPSA) is 0 Å². The zero-order valence-corrected chi connectivity index (χ0v) is 12.8. The van der Waals surface area contributed by atoms with Crippen LogP contribution >= 0.6 is 22.7 Å². The highest BCUT2D eigenvalue weighted by molar-refractivity contribution is 7.22. The molecule has 0 unspecified atom stereocenters. The predicted molar refractivity (Wildman–Crippen MR) is 79.8 cm³/mol. The number of hydrogen-bond donors (Lipinski definition) is 0. The van der Waals surface area contributed by atoms with Crippen LogP contribution in [-0.4, -0.2) is 0 Å². The molecule has 2 aromatic rings. The van der Waals surface area contributed by atoms with Gasteiger partial charge in [-0.2, -0.15) is 0 Å². The van der Waals surface area contributed by atoms with E-state index < -0.39 is 0 Å². The minimum atomic E-state index is 1.39. The van der Waals surface area contributed by atoms with Gasteiger partial charge in [-0.25, -0.2) is 0 Å². The molecule has 0 aliphatic carbocycles. The number of hydrogen-bond acceptors (Lipinski definition) is 2. The van der Waals surface area contributed by atoms with Crippen LogP contribution in [0.1, 0.15) is 37.4 Å². The molecule has 16 heavy (non-hydrogen) atoms. The van der Waals surface area contributed by atoms with E-state index >= 15 is 0 Å². The van der Waals surface area contributed by atoms with Crippen molar-refractivity contribution < 1.29 is 0 Å². The third-order valence-electron chi connectivity index (χ3n) is 1.72. The maximum Gasteiger partial charge on any atom is 0.0445 e. The summed E-state index contributed by atoms with van der Waals surface area (Å²) in [6.45, 7) is 12.3. The molecule has 0 aliphatic rings. The number of thiophene rings is 2. The largest absolute Gasteiger partial charge is 0.140 e. The van der Waals surface area contributed by atoms with Gasteiger partial charge in [0.2, 0.25) is 0 Å². The Morgan fingerprint density at radius 3 is 1.12 bits per heavy atom. The Morgan fingerprint density at radius 2 is 0.938 bits per heavy atom. The van der Waals surface area contributed by atoms with Crippen molar-refractivity contribution in [2.45, 2.75) is 41.5 Å². The van der Waals surface area contributed by atoms with Gasteiger partial charge in [0, 0.05) is 19.5 Å². The lowest BCUT2D eigenvalue weighted by Gasteiger charge is -1.87. The first kappa shape index (κ1) is 15.4. The third-order valence-corrected chi connectivity index (χ3v) is 3.92. The fourth-order valence-electron chi connectivity index (χ4n) is 1.13. The van der Waals surface area contributed by atoms with Gasteiger partial charge < -0.3 is 0 Å². The van der Waals surface area contributed by atoms with E-state index in [-0.39, 0.29) is 0 Å². The van der Waals surface area contributed by atoms with E-state index in [1.165, 1.54) is 19.5 Å². The first-order chi connectivity index (χ1) is 7.75. The molecule has 0 saturated heterocycles. The van der Waals surface area contributed by atoms with Crippen molar-refractivity contribution in [1.82, 2.24) is 0 Å². The molecule has 0 fully saturated rings. The average Bonchev–Trinajstić information content (AvgIpc) is 2.93. The van der Waals surface area contributed by atoms with Gasteiger partial charge in [0.1, 0.15) is 0 Å². The first-order valence-corrected chi connectivity index (χ1v) is 7.52. The molecule has 0 radical (unpaired) electrons. The van der Waals surface area contributed by atoms with E-state index in [9.17, 15) is 0 Å². The first-order valence-electron chi connectivity index (χ1n) is 5.89. The highest BCUT2D eigenvalue weighted by atomic mass is 32.1. The Balaban J connectivity index is 0.000000509. The van der Waals surface area contributed by atoms with Crippen LogP contribution in [0.2, 0.25) is 0 Å². The van der Waals surface area contributed by atoms with Gasteiger partial charge >= 0.3 is 0 Å². The van der Waals surface area contributed by atoms with Crippen LogP contribution in [0.4, 0.5) is 0 Å². The van der Waals surface area contributed by atoms with Crippen molar-refractivity contribution in [1.29, 1.82) is 0 Å². The van der Waals surface area contributed by atoms with Crippen LogP contribution in [0.5, 0.6) is 0 Å². The van der Waals surface area contributed by atoms with Gasteiger partial charge in [0.05, 0.1) is 0 Å². The molecule has 0 bridgehead atoms. The molecule has 0 atom stereocenters. The fourth-order valence-corrected chi connectivity index (χ4v) is 2.96. The van der Waals surface area contributed by atoms with Crippen molar-refractivity contribution in [3.63, 3.8) is 0 Å². The molecule has 90 valence electrons. The zero-order valence-electron chi connectivity index (χ0n) is 11.1. The van der Waals surface area contributed by atoms with E-state index in [2.05, 4.69) is 38.1 Å². The predicted octanol–water partition coefficient (Wildman–Crippen LogP) is 6.15. The summed E-state index contributed by atoms with van der Waals surface area (Å²) in [4.78, 5) is 5.56. The lowest BCUT2D eigenvalue weighted by molar-refractivity contribution is 1.50. The van der Waals surface area contributed by atoms with E-state index in [1.54, 1.807) is 0 Å².